The number of alkyl carbamates (subject to hydrolysis) is 1. The van der Waals surface area contributed by atoms with E-state index in [2.05, 4.69) is 53.5 Å². The number of piperazine rings is 1. The minimum absolute atomic E-state index is 0.00342. The summed E-state index contributed by atoms with van der Waals surface area (Å²) in [6.07, 6.45) is 12.4. The number of terminal acetylenes is 1. The van der Waals surface area contributed by atoms with Gasteiger partial charge in [0, 0.05) is 74.3 Å². The largest absolute Gasteiger partial charge is 0.508 e. The van der Waals surface area contributed by atoms with E-state index in [0.29, 0.717) is 81.3 Å². The Balaban J connectivity index is 0.703. The highest BCUT2D eigenvalue weighted by atomic mass is 19.1. The Morgan fingerprint density at radius 3 is 2.59 bits per heavy atom. The van der Waals surface area contributed by atoms with Crippen LogP contribution in [0.5, 0.6) is 11.8 Å². The third-order valence-corrected chi connectivity index (χ3v) is 15.5. The fourth-order valence-electron chi connectivity index (χ4n) is 12.0. The average Bonchev–Trinajstić information content (AvgIpc) is 4.13. The number of aromatic hydroxyl groups is 1. The summed E-state index contributed by atoms with van der Waals surface area (Å²) >= 11 is 0. The van der Waals surface area contributed by atoms with Gasteiger partial charge in [-0.25, -0.2) is 13.6 Å². The lowest BCUT2D eigenvalue weighted by Crippen LogP contribution is -2.54. The van der Waals surface area contributed by atoms with E-state index in [-0.39, 0.29) is 113 Å². The number of ether oxygens (including phenoxy) is 2. The van der Waals surface area contributed by atoms with Crippen LogP contribution in [0, 0.1) is 24.0 Å². The number of nitrogens with zero attached hydrogens (tertiary/aromatic N) is 6. The zero-order chi connectivity index (χ0) is 53.0. The van der Waals surface area contributed by atoms with E-state index < -0.39 is 52.9 Å². The van der Waals surface area contributed by atoms with Gasteiger partial charge in [0.15, 0.2) is 5.82 Å². The number of hydrogen-bond donors (Lipinski definition) is 5. The third kappa shape index (κ3) is 9.29. The Hall–Kier alpha value is -8.09. The second-order valence-electron chi connectivity index (χ2n) is 20.5. The number of rotatable bonds is 15. The molecule has 5 unspecified atom stereocenters. The predicted molar refractivity (Wildman–Crippen MR) is 273 cm³/mol. The number of piperidine rings is 1. The van der Waals surface area contributed by atoms with Gasteiger partial charge in [0.1, 0.15) is 47.9 Å². The van der Waals surface area contributed by atoms with Crippen molar-refractivity contribution in [1.29, 1.82) is 0 Å². The fourth-order valence-corrected chi connectivity index (χ4v) is 12.0. The number of halogens is 2. The first kappa shape index (κ1) is 50.1. The normalized spacial score (nSPS) is 23.0. The molecule has 8 heterocycles. The molecule has 11 rings (SSSR count). The van der Waals surface area contributed by atoms with Crippen LogP contribution >= 0.6 is 0 Å². The number of unbranched alkanes of at least 4 members (excludes halogenated alkanes) is 2. The first-order chi connectivity index (χ1) is 36.7. The van der Waals surface area contributed by atoms with Gasteiger partial charge in [-0.3, -0.25) is 44.1 Å². The maximum atomic E-state index is 17.2. The number of carbonyl (C=O) groups is 6. The summed E-state index contributed by atoms with van der Waals surface area (Å²) in [7, 11) is 0. The SMILES string of the molecule is C#Cc1c(F)ccc2cc(O)cc(-c3ncc4c(N5CC6CCC(C5)N6)nc(OCC56CCC(COC(=O)NCCCCCC(=O)Nc7cccc8c7C(=O)N(C7CCC(=O)NC7=O)C8=O)N5CC(=C)C6)nc4c3F)c12. The van der Waals surface area contributed by atoms with E-state index in [1.807, 2.05) is 0 Å². The topological polar surface area (TPSA) is 238 Å². The molecule has 76 heavy (non-hydrogen) atoms. The standard InChI is InChI=1S/C55H54F2N10O9/c1-3-35-39(56)14-11-30-20-34(68)21-37(44(30)35)47-46(57)48-38(23-59-47)49(65-25-31-12-13-32(26-65)60-31)64-53(63-48)76-28-55-18-17-33(66(55)24-29(2)22-55)27-75-54(74)58-19-6-4-5-10-42(69)61-40-9-7-8-36-45(40)52(73)67(51(36)72)41-15-16-43(70)62-50(41)71/h1,7-9,11,14,20-21,23,31-33,41,60,68H,2,4-6,10,12-13,15-19,22,24-28H2,(H,58,74)(H,61,69)(H,62,70,71). The van der Waals surface area contributed by atoms with E-state index in [9.17, 15) is 33.9 Å². The van der Waals surface area contributed by atoms with Crippen LogP contribution in [0.15, 0.2) is 60.8 Å². The summed E-state index contributed by atoms with van der Waals surface area (Å²) in [4.78, 5) is 95.9. The Morgan fingerprint density at radius 2 is 1.80 bits per heavy atom. The van der Waals surface area contributed by atoms with Crippen molar-refractivity contribution in [2.75, 3.05) is 49.6 Å². The first-order valence-corrected chi connectivity index (χ1v) is 25.6. The van der Waals surface area contributed by atoms with Crippen LogP contribution in [0.25, 0.3) is 32.9 Å². The van der Waals surface area contributed by atoms with E-state index >= 15 is 8.78 Å². The molecule has 5 N–H and O–H groups in total. The van der Waals surface area contributed by atoms with Crippen molar-refractivity contribution >= 4 is 68.8 Å². The van der Waals surface area contributed by atoms with Gasteiger partial charge in [-0.15, -0.1) is 6.42 Å². The molecule has 3 aromatic carbocycles. The Morgan fingerprint density at radius 1 is 0.987 bits per heavy atom. The molecule has 0 spiro atoms. The summed E-state index contributed by atoms with van der Waals surface area (Å²) < 4.78 is 44.5. The van der Waals surface area contributed by atoms with Gasteiger partial charge >= 0.3 is 12.1 Å². The van der Waals surface area contributed by atoms with E-state index in [1.165, 1.54) is 48.7 Å². The minimum atomic E-state index is -1.13. The first-order valence-electron chi connectivity index (χ1n) is 25.6. The molecule has 5 atom stereocenters. The number of fused-ring (bicyclic) bond motifs is 6. The quantitative estimate of drug-likeness (QED) is 0.0370. The highest BCUT2D eigenvalue weighted by Crippen LogP contribution is 2.45. The van der Waals surface area contributed by atoms with E-state index in [0.717, 1.165) is 23.3 Å². The highest BCUT2D eigenvalue weighted by molar-refractivity contribution is 6.26. The van der Waals surface area contributed by atoms with Crippen molar-refractivity contribution < 1.29 is 52.1 Å². The molecule has 21 heteroatoms. The van der Waals surface area contributed by atoms with Crippen LogP contribution in [0.3, 0.4) is 0 Å². The molecule has 0 saturated carbocycles. The van der Waals surface area contributed by atoms with E-state index in [1.54, 1.807) is 0 Å². The van der Waals surface area contributed by atoms with Gasteiger partial charge in [-0.2, -0.15) is 9.97 Å². The molecule has 6 amide bonds. The number of phenols is 1. The van der Waals surface area contributed by atoms with Gasteiger partial charge in [0.2, 0.25) is 17.7 Å². The monoisotopic (exact) mass is 1040 g/mol. The number of aromatic nitrogens is 3. The molecular weight excluding hydrogens is 983 g/mol. The van der Waals surface area contributed by atoms with Crippen molar-refractivity contribution in [2.45, 2.75) is 100 Å². The highest BCUT2D eigenvalue weighted by Gasteiger charge is 2.52. The predicted octanol–water partition coefficient (Wildman–Crippen LogP) is 5.62. The van der Waals surface area contributed by atoms with Crippen molar-refractivity contribution in [3.05, 3.63) is 89.1 Å². The molecule has 5 saturated heterocycles. The smallest absolute Gasteiger partial charge is 0.407 e. The lowest BCUT2D eigenvalue weighted by atomic mass is 9.94. The Kier molecular flexibility index (Phi) is 13.3. The summed E-state index contributed by atoms with van der Waals surface area (Å²) in [5.74, 6) is -1.77. The van der Waals surface area contributed by atoms with Crippen molar-refractivity contribution in [2.24, 2.45) is 0 Å². The molecular formula is C55H54F2N10O9. The lowest BCUT2D eigenvalue weighted by Gasteiger charge is -2.35. The third-order valence-electron chi connectivity index (χ3n) is 15.5. The zero-order valence-electron chi connectivity index (χ0n) is 41.4. The number of anilines is 2. The minimum Gasteiger partial charge on any atom is -0.508 e. The maximum Gasteiger partial charge on any atom is 0.407 e. The number of hydrogen-bond acceptors (Lipinski definition) is 15. The fraction of sp³-hybridized carbons (Fsp3) is 0.400. The Bertz CT molecular complexity index is 3340. The number of amides is 6. The van der Waals surface area contributed by atoms with Crippen LogP contribution in [0.1, 0.15) is 96.9 Å². The molecule has 5 fully saturated rings. The molecule has 0 aliphatic carbocycles. The van der Waals surface area contributed by atoms with Gasteiger partial charge in [-0.1, -0.05) is 36.6 Å². The summed E-state index contributed by atoms with van der Waals surface area (Å²) in [6, 6.07) is 9.05. The van der Waals surface area contributed by atoms with E-state index in [4.69, 9.17) is 20.9 Å². The van der Waals surface area contributed by atoms with Crippen LogP contribution < -0.4 is 30.9 Å². The van der Waals surface area contributed by atoms with Crippen molar-refractivity contribution in [3.63, 3.8) is 0 Å². The van der Waals surface area contributed by atoms with Crippen LogP contribution in [0.4, 0.5) is 25.1 Å². The van der Waals surface area contributed by atoms with Crippen molar-refractivity contribution in [3.8, 4) is 35.4 Å². The van der Waals surface area contributed by atoms with Crippen LogP contribution in [-0.2, 0) is 19.1 Å². The number of pyridine rings is 1. The van der Waals surface area contributed by atoms with Crippen LogP contribution in [-0.4, -0.2) is 135 Å². The summed E-state index contributed by atoms with van der Waals surface area (Å²) in [5, 5.41) is 23.0. The number of carbonyl (C=O) groups excluding carboxylic acids is 6. The van der Waals surface area contributed by atoms with Crippen LogP contribution in [0.2, 0.25) is 0 Å². The molecule has 6 aliphatic heterocycles. The number of phenolic OH excluding ortho intramolecular Hbond substituents is 1. The molecule has 2 bridgehead atoms. The average molecular weight is 1040 g/mol. The zero-order valence-corrected chi connectivity index (χ0v) is 41.4. The molecule has 392 valence electrons. The molecule has 2 aromatic heterocycles. The summed E-state index contributed by atoms with van der Waals surface area (Å²) in [6.45, 7) is 6.67. The second kappa shape index (κ2) is 20.2. The van der Waals surface area contributed by atoms with Gasteiger partial charge in [-0.05, 0) is 87.1 Å². The molecule has 6 aliphatic rings. The van der Waals surface area contributed by atoms with Gasteiger partial charge in [0.05, 0.1) is 33.3 Å². The Labute approximate surface area is 434 Å². The van der Waals surface area contributed by atoms with Gasteiger partial charge < -0.3 is 35.4 Å². The van der Waals surface area contributed by atoms with Crippen molar-refractivity contribution in [1.82, 2.24) is 40.7 Å². The lowest BCUT2D eigenvalue weighted by molar-refractivity contribution is -0.136. The second-order valence-corrected chi connectivity index (χ2v) is 20.5. The van der Waals surface area contributed by atoms with Gasteiger partial charge in [0.25, 0.3) is 11.8 Å². The number of nitrogens with one attached hydrogen (secondary N) is 4. The number of benzene rings is 3. The number of imide groups is 2. The molecule has 5 aromatic rings. The maximum absolute atomic E-state index is 17.2. The molecule has 19 nitrogen and oxygen atoms in total. The summed E-state index contributed by atoms with van der Waals surface area (Å²) in [5.41, 5.74) is 0.456. The molecule has 0 radical (unpaired) electrons.